The van der Waals surface area contributed by atoms with E-state index in [4.69, 9.17) is 14.6 Å². The van der Waals surface area contributed by atoms with Gasteiger partial charge in [-0.3, -0.25) is 14.4 Å². The Morgan fingerprint density at radius 2 is 1.71 bits per heavy atom. The first-order valence-corrected chi connectivity index (χ1v) is 10.8. The van der Waals surface area contributed by atoms with Gasteiger partial charge in [-0.15, -0.1) is 0 Å². The van der Waals surface area contributed by atoms with Gasteiger partial charge in [0.2, 0.25) is 11.8 Å². The monoisotopic (exact) mass is 466 g/mol. The van der Waals surface area contributed by atoms with Gasteiger partial charge < -0.3 is 19.5 Å². The van der Waals surface area contributed by atoms with E-state index in [9.17, 15) is 19.2 Å². The summed E-state index contributed by atoms with van der Waals surface area (Å²) in [6, 6.07) is 12.4. The molecule has 0 aliphatic carbocycles. The number of carbonyl (C=O) groups excluding carboxylic acids is 3. The highest BCUT2D eigenvalue weighted by atomic mass is 16.5. The van der Waals surface area contributed by atoms with Gasteiger partial charge >= 0.3 is 5.97 Å². The van der Waals surface area contributed by atoms with Crippen LogP contribution in [0.15, 0.2) is 60.7 Å². The maximum absolute atomic E-state index is 13.3. The van der Waals surface area contributed by atoms with Gasteiger partial charge in [-0.25, -0.2) is 9.69 Å². The van der Waals surface area contributed by atoms with Crippen molar-refractivity contribution in [3.63, 3.8) is 0 Å². The fraction of sp³-hybridized carbons (Fsp3) is 0.280. The number of carbonyl (C=O) groups is 4. The van der Waals surface area contributed by atoms with Crippen LogP contribution in [0.4, 0.5) is 5.69 Å². The summed E-state index contributed by atoms with van der Waals surface area (Å²) >= 11 is 0. The Morgan fingerprint density at radius 3 is 2.29 bits per heavy atom. The number of hydrogen-bond acceptors (Lipinski definition) is 6. The largest absolute Gasteiger partial charge is 0.497 e. The van der Waals surface area contributed by atoms with E-state index in [1.54, 1.807) is 48.5 Å². The average molecular weight is 466 g/mol. The zero-order valence-electron chi connectivity index (χ0n) is 19.0. The van der Waals surface area contributed by atoms with Crippen molar-refractivity contribution >= 4 is 29.4 Å². The molecule has 1 atom stereocenters. The molecule has 1 unspecified atom stereocenters. The summed E-state index contributed by atoms with van der Waals surface area (Å²) in [4.78, 5) is 52.1. The summed E-state index contributed by atoms with van der Waals surface area (Å²) in [6.45, 7) is 2.55. The van der Waals surface area contributed by atoms with Crippen LogP contribution < -0.4 is 14.4 Å². The molecule has 9 nitrogen and oxygen atoms in total. The van der Waals surface area contributed by atoms with E-state index in [-0.39, 0.29) is 13.0 Å². The summed E-state index contributed by atoms with van der Waals surface area (Å²) in [7, 11) is 1.53. The number of nitrogens with zero attached hydrogens (tertiary/aromatic N) is 2. The highest BCUT2D eigenvalue weighted by Gasteiger charge is 2.44. The van der Waals surface area contributed by atoms with Crippen LogP contribution in [0.2, 0.25) is 0 Å². The second-order valence-electron chi connectivity index (χ2n) is 7.62. The van der Waals surface area contributed by atoms with Crippen molar-refractivity contribution in [1.82, 2.24) is 4.90 Å². The Hall–Kier alpha value is -4.14. The minimum absolute atomic E-state index is 0.00804. The third-order valence-electron chi connectivity index (χ3n) is 5.23. The number of ether oxygens (including phenoxy) is 2. The summed E-state index contributed by atoms with van der Waals surface area (Å²) in [5.41, 5.74) is 1.06. The van der Waals surface area contributed by atoms with Crippen LogP contribution in [0.5, 0.6) is 11.5 Å². The number of carboxylic acids is 1. The molecule has 0 aromatic heterocycles. The van der Waals surface area contributed by atoms with E-state index in [1.807, 2.05) is 6.92 Å². The molecule has 1 saturated heterocycles. The van der Waals surface area contributed by atoms with E-state index in [1.165, 1.54) is 12.0 Å². The number of rotatable bonds is 10. The van der Waals surface area contributed by atoms with Crippen LogP contribution in [0.3, 0.4) is 0 Å². The molecular formula is C25H26N2O7. The Kier molecular flexibility index (Phi) is 8.02. The van der Waals surface area contributed by atoms with Crippen LogP contribution in [0.1, 0.15) is 25.3 Å². The lowest BCUT2D eigenvalue weighted by molar-refractivity contribution is -0.135. The zero-order valence-corrected chi connectivity index (χ0v) is 19.0. The van der Waals surface area contributed by atoms with E-state index >= 15 is 0 Å². The van der Waals surface area contributed by atoms with Crippen LogP contribution >= 0.6 is 0 Å². The predicted molar refractivity (Wildman–Crippen MR) is 123 cm³/mol. The number of hydrogen-bond donors (Lipinski definition) is 1. The number of amides is 3. The predicted octanol–water partition coefficient (Wildman–Crippen LogP) is 2.79. The molecule has 0 saturated carbocycles. The fourth-order valence-corrected chi connectivity index (χ4v) is 3.55. The van der Waals surface area contributed by atoms with Crippen molar-refractivity contribution in [1.29, 1.82) is 0 Å². The van der Waals surface area contributed by atoms with Gasteiger partial charge in [0, 0.05) is 18.7 Å². The third-order valence-corrected chi connectivity index (χ3v) is 5.23. The molecule has 9 heteroatoms. The normalized spacial score (nSPS) is 15.6. The molecule has 1 fully saturated rings. The molecule has 3 rings (SSSR count). The third kappa shape index (κ3) is 5.80. The summed E-state index contributed by atoms with van der Waals surface area (Å²) in [6.07, 6.45) is 2.22. The van der Waals surface area contributed by atoms with Gasteiger partial charge in [-0.05, 0) is 48.4 Å². The van der Waals surface area contributed by atoms with Gasteiger partial charge in [0.1, 0.15) is 17.5 Å². The summed E-state index contributed by atoms with van der Waals surface area (Å²) in [5, 5.41) is 8.91. The van der Waals surface area contributed by atoms with Gasteiger partial charge in [0.05, 0.1) is 25.8 Å². The van der Waals surface area contributed by atoms with Crippen LogP contribution in [0.25, 0.3) is 0 Å². The topological polar surface area (TPSA) is 113 Å². The van der Waals surface area contributed by atoms with Crippen molar-refractivity contribution in [2.45, 2.75) is 32.4 Å². The van der Waals surface area contributed by atoms with Crippen LogP contribution in [-0.4, -0.2) is 53.5 Å². The lowest BCUT2D eigenvalue weighted by atomic mass is 10.1. The average Bonchev–Trinajstić information content (AvgIpc) is 3.13. The van der Waals surface area contributed by atoms with E-state index < -0.39 is 29.7 Å². The minimum Gasteiger partial charge on any atom is -0.497 e. The molecule has 0 radical (unpaired) electrons. The Labute approximate surface area is 197 Å². The molecule has 1 aliphatic heterocycles. The maximum Gasteiger partial charge on any atom is 0.328 e. The molecule has 1 N–H and O–H groups in total. The number of anilines is 1. The smallest absolute Gasteiger partial charge is 0.328 e. The Balaban J connectivity index is 1.86. The molecule has 2 aromatic carbocycles. The lowest BCUT2D eigenvalue weighted by Gasteiger charge is -2.27. The van der Waals surface area contributed by atoms with Crippen molar-refractivity contribution in [2.75, 3.05) is 18.6 Å². The first kappa shape index (κ1) is 24.5. The molecule has 2 aromatic rings. The number of aliphatic carboxylic acids is 1. The zero-order chi connectivity index (χ0) is 24.7. The first-order valence-electron chi connectivity index (χ1n) is 10.8. The highest BCUT2D eigenvalue weighted by Crippen LogP contribution is 2.28. The van der Waals surface area contributed by atoms with Crippen LogP contribution in [-0.2, 0) is 25.7 Å². The number of imide groups is 1. The lowest BCUT2D eigenvalue weighted by Crippen LogP contribution is -2.44. The number of methoxy groups -OCH3 is 1. The second-order valence-corrected chi connectivity index (χ2v) is 7.62. The molecule has 1 heterocycles. The number of benzene rings is 2. The van der Waals surface area contributed by atoms with Crippen molar-refractivity contribution < 1.29 is 33.8 Å². The minimum atomic E-state index is -1.29. The van der Waals surface area contributed by atoms with Crippen molar-refractivity contribution in [2.24, 2.45) is 0 Å². The van der Waals surface area contributed by atoms with E-state index in [2.05, 4.69) is 0 Å². The molecule has 0 bridgehead atoms. The molecule has 3 amide bonds. The fourth-order valence-electron chi connectivity index (χ4n) is 3.55. The molecule has 0 spiro atoms. The molecule has 34 heavy (non-hydrogen) atoms. The maximum atomic E-state index is 13.3. The standard InChI is InChI=1S/C25H26N2O7/c1-3-14-34-20-10-6-18(7-11-20)27-23(29)15-21(25(27)32)26(22(28)12-13-24(30)31)16-17-4-8-19(33-2)9-5-17/h4-13,21H,3,14-16H2,1-2H3,(H,30,31)/b13-12+. The Morgan fingerprint density at radius 1 is 1.06 bits per heavy atom. The molecule has 1 aliphatic rings. The first-order chi connectivity index (χ1) is 16.3. The number of carboxylic acid groups (broad SMARTS) is 1. The van der Waals surface area contributed by atoms with E-state index in [0.717, 1.165) is 17.4 Å². The molecular weight excluding hydrogens is 440 g/mol. The quantitative estimate of drug-likeness (QED) is 0.423. The highest BCUT2D eigenvalue weighted by molar-refractivity contribution is 6.23. The summed E-state index contributed by atoms with van der Waals surface area (Å²) in [5.74, 6) is -1.74. The Bertz CT molecular complexity index is 1080. The van der Waals surface area contributed by atoms with Crippen molar-refractivity contribution in [3.8, 4) is 11.5 Å². The van der Waals surface area contributed by atoms with Crippen LogP contribution in [0, 0.1) is 0 Å². The van der Waals surface area contributed by atoms with Crippen molar-refractivity contribution in [3.05, 3.63) is 66.2 Å². The van der Waals surface area contributed by atoms with Gasteiger partial charge in [0.25, 0.3) is 5.91 Å². The summed E-state index contributed by atoms with van der Waals surface area (Å²) < 4.78 is 10.7. The van der Waals surface area contributed by atoms with Gasteiger partial charge in [-0.1, -0.05) is 19.1 Å². The van der Waals surface area contributed by atoms with Gasteiger partial charge in [-0.2, -0.15) is 0 Å². The SMILES string of the molecule is CCCOc1ccc(N2C(=O)CC(N(Cc3ccc(OC)cc3)C(=O)/C=C/C(=O)O)C2=O)cc1. The van der Waals surface area contributed by atoms with E-state index in [0.29, 0.717) is 35.4 Å². The van der Waals surface area contributed by atoms with Gasteiger partial charge in [0.15, 0.2) is 0 Å². The second kappa shape index (κ2) is 11.1. The molecule has 178 valence electrons.